The number of halogens is 1. The van der Waals surface area contributed by atoms with Crippen molar-refractivity contribution in [2.24, 2.45) is 10.9 Å². The minimum Gasteiger partial charge on any atom is -0.356 e. The van der Waals surface area contributed by atoms with Crippen LogP contribution in [0.4, 0.5) is 0 Å². The van der Waals surface area contributed by atoms with Crippen molar-refractivity contribution in [1.29, 1.82) is 0 Å². The van der Waals surface area contributed by atoms with E-state index >= 15 is 0 Å². The summed E-state index contributed by atoms with van der Waals surface area (Å²) in [5, 5.41) is 6.63. The third-order valence-corrected chi connectivity index (χ3v) is 3.90. The van der Waals surface area contributed by atoms with Gasteiger partial charge in [-0.2, -0.15) is 0 Å². The topological polar surface area (TPSA) is 56.7 Å². The SMILES string of the molecule is CN=C(NCc1cccc(CN2CCCC2=O)c1)NCC(C)C.I. The number of guanidine groups is 1. The molecule has 0 unspecified atom stereocenters. The maximum atomic E-state index is 11.7. The first-order valence-electron chi connectivity index (χ1n) is 8.38. The molecular formula is C18H29IN4O. The number of likely N-dealkylation sites (tertiary alicyclic amines) is 1. The van der Waals surface area contributed by atoms with Gasteiger partial charge in [-0.15, -0.1) is 24.0 Å². The summed E-state index contributed by atoms with van der Waals surface area (Å²) in [4.78, 5) is 17.9. The van der Waals surface area contributed by atoms with Crippen LogP contribution in [0.1, 0.15) is 37.8 Å². The fourth-order valence-electron chi connectivity index (χ4n) is 2.64. The predicted molar refractivity (Wildman–Crippen MR) is 110 cm³/mol. The van der Waals surface area contributed by atoms with E-state index in [0.29, 0.717) is 18.9 Å². The highest BCUT2D eigenvalue weighted by Gasteiger charge is 2.19. The summed E-state index contributed by atoms with van der Waals surface area (Å²) < 4.78 is 0. The van der Waals surface area contributed by atoms with Gasteiger partial charge in [0.15, 0.2) is 5.96 Å². The molecular weight excluding hydrogens is 415 g/mol. The minimum atomic E-state index is 0. The molecule has 1 fully saturated rings. The third kappa shape index (κ3) is 6.67. The Hall–Kier alpha value is -1.31. The number of hydrogen-bond acceptors (Lipinski definition) is 2. The summed E-state index contributed by atoms with van der Waals surface area (Å²) in [6.07, 6.45) is 1.68. The van der Waals surface area contributed by atoms with Gasteiger partial charge in [-0.05, 0) is 23.5 Å². The Labute approximate surface area is 162 Å². The van der Waals surface area contributed by atoms with Gasteiger partial charge in [0.1, 0.15) is 0 Å². The van der Waals surface area contributed by atoms with E-state index in [1.165, 1.54) is 11.1 Å². The molecule has 0 spiro atoms. The monoisotopic (exact) mass is 444 g/mol. The van der Waals surface area contributed by atoms with E-state index in [4.69, 9.17) is 0 Å². The summed E-state index contributed by atoms with van der Waals surface area (Å²) in [5.41, 5.74) is 2.38. The first kappa shape index (κ1) is 20.7. The zero-order valence-electron chi connectivity index (χ0n) is 14.8. The van der Waals surface area contributed by atoms with Gasteiger partial charge in [0.05, 0.1) is 0 Å². The molecule has 0 radical (unpaired) electrons. The second-order valence-corrected chi connectivity index (χ2v) is 6.44. The molecule has 1 aromatic rings. The minimum absolute atomic E-state index is 0. The smallest absolute Gasteiger partial charge is 0.222 e. The number of carbonyl (C=O) groups is 1. The van der Waals surface area contributed by atoms with Crippen molar-refractivity contribution < 1.29 is 4.79 Å². The number of aliphatic imine (C=N–C) groups is 1. The Kier molecular flexibility index (Phi) is 9.10. The molecule has 0 saturated carbocycles. The molecule has 1 aliphatic heterocycles. The van der Waals surface area contributed by atoms with Crippen molar-refractivity contribution in [3.8, 4) is 0 Å². The van der Waals surface area contributed by atoms with Crippen LogP contribution in [0.3, 0.4) is 0 Å². The van der Waals surface area contributed by atoms with Gasteiger partial charge in [0.2, 0.25) is 5.91 Å². The largest absolute Gasteiger partial charge is 0.356 e. The molecule has 1 saturated heterocycles. The molecule has 2 N–H and O–H groups in total. The fraction of sp³-hybridized carbons (Fsp3) is 0.556. The van der Waals surface area contributed by atoms with Crippen LogP contribution in [0, 0.1) is 5.92 Å². The van der Waals surface area contributed by atoms with Crippen molar-refractivity contribution in [2.45, 2.75) is 39.8 Å². The van der Waals surface area contributed by atoms with Crippen molar-refractivity contribution >= 4 is 35.8 Å². The van der Waals surface area contributed by atoms with E-state index in [2.05, 4.69) is 53.7 Å². The van der Waals surface area contributed by atoms with Crippen molar-refractivity contribution in [3.05, 3.63) is 35.4 Å². The van der Waals surface area contributed by atoms with Crippen LogP contribution in [0.25, 0.3) is 0 Å². The number of carbonyl (C=O) groups excluding carboxylic acids is 1. The molecule has 6 heteroatoms. The number of benzene rings is 1. The highest BCUT2D eigenvalue weighted by Crippen LogP contribution is 2.15. The van der Waals surface area contributed by atoms with Crippen LogP contribution in [0.5, 0.6) is 0 Å². The Morgan fingerprint density at radius 1 is 1.29 bits per heavy atom. The lowest BCUT2D eigenvalue weighted by molar-refractivity contribution is -0.128. The maximum Gasteiger partial charge on any atom is 0.222 e. The normalized spacial score (nSPS) is 14.8. The molecule has 1 amide bonds. The molecule has 134 valence electrons. The number of nitrogens with zero attached hydrogens (tertiary/aromatic N) is 2. The van der Waals surface area contributed by atoms with Crippen LogP contribution in [0.2, 0.25) is 0 Å². The quantitative estimate of drug-likeness (QED) is 0.403. The summed E-state index contributed by atoms with van der Waals surface area (Å²) in [5.74, 6) is 1.67. The Bertz CT molecular complexity index is 560. The van der Waals surface area contributed by atoms with E-state index in [-0.39, 0.29) is 29.9 Å². The number of amides is 1. The standard InChI is InChI=1S/C18H28N4O.HI/c1-14(2)11-20-18(19-3)21-12-15-6-4-7-16(10-15)13-22-9-5-8-17(22)23;/h4,6-7,10,14H,5,8-9,11-13H2,1-3H3,(H2,19,20,21);1H. The molecule has 1 aromatic carbocycles. The first-order chi connectivity index (χ1) is 11.1. The molecule has 1 aliphatic rings. The van der Waals surface area contributed by atoms with Gasteiger partial charge in [-0.3, -0.25) is 9.79 Å². The lowest BCUT2D eigenvalue weighted by Crippen LogP contribution is -2.38. The highest BCUT2D eigenvalue weighted by atomic mass is 127. The third-order valence-electron chi connectivity index (χ3n) is 3.90. The predicted octanol–water partition coefficient (Wildman–Crippen LogP) is 2.75. The summed E-state index contributed by atoms with van der Waals surface area (Å²) in [6.45, 7) is 7.56. The van der Waals surface area contributed by atoms with Crippen LogP contribution in [-0.4, -0.2) is 36.9 Å². The number of rotatable bonds is 6. The number of hydrogen-bond donors (Lipinski definition) is 2. The molecule has 5 nitrogen and oxygen atoms in total. The molecule has 0 aromatic heterocycles. The van der Waals surface area contributed by atoms with E-state index in [0.717, 1.165) is 32.0 Å². The van der Waals surface area contributed by atoms with Crippen molar-refractivity contribution in [1.82, 2.24) is 15.5 Å². The highest BCUT2D eigenvalue weighted by molar-refractivity contribution is 14.0. The second-order valence-electron chi connectivity index (χ2n) is 6.44. The van der Waals surface area contributed by atoms with Crippen LogP contribution in [-0.2, 0) is 17.9 Å². The molecule has 2 rings (SSSR count). The van der Waals surface area contributed by atoms with Gasteiger partial charge in [0.25, 0.3) is 0 Å². The van der Waals surface area contributed by atoms with Crippen LogP contribution >= 0.6 is 24.0 Å². The fourth-order valence-corrected chi connectivity index (χ4v) is 2.64. The average Bonchev–Trinajstić information content (AvgIpc) is 2.93. The van der Waals surface area contributed by atoms with E-state index < -0.39 is 0 Å². The maximum absolute atomic E-state index is 11.7. The van der Waals surface area contributed by atoms with Gasteiger partial charge in [-0.1, -0.05) is 38.1 Å². The second kappa shape index (κ2) is 10.5. The van der Waals surface area contributed by atoms with Gasteiger partial charge in [0, 0.05) is 39.6 Å². The lowest BCUT2D eigenvalue weighted by atomic mass is 10.1. The van der Waals surface area contributed by atoms with E-state index in [9.17, 15) is 4.79 Å². The van der Waals surface area contributed by atoms with Crippen LogP contribution < -0.4 is 10.6 Å². The van der Waals surface area contributed by atoms with E-state index in [1.807, 2.05) is 4.90 Å². The summed E-state index contributed by atoms with van der Waals surface area (Å²) in [6, 6.07) is 8.39. The Morgan fingerprint density at radius 3 is 2.67 bits per heavy atom. The van der Waals surface area contributed by atoms with E-state index in [1.54, 1.807) is 7.05 Å². The molecule has 1 heterocycles. The number of nitrogens with one attached hydrogen (secondary N) is 2. The Morgan fingerprint density at radius 2 is 2.04 bits per heavy atom. The summed E-state index contributed by atoms with van der Waals surface area (Å²) in [7, 11) is 1.78. The zero-order chi connectivity index (χ0) is 16.7. The Balaban J connectivity index is 0.00000288. The van der Waals surface area contributed by atoms with Crippen molar-refractivity contribution in [3.63, 3.8) is 0 Å². The van der Waals surface area contributed by atoms with Crippen molar-refractivity contribution in [2.75, 3.05) is 20.1 Å². The van der Waals surface area contributed by atoms with Gasteiger partial charge >= 0.3 is 0 Å². The molecule has 24 heavy (non-hydrogen) atoms. The molecule has 0 atom stereocenters. The lowest BCUT2D eigenvalue weighted by Gasteiger charge is -2.17. The van der Waals surface area contributed by atoms with Gasteiger partial charge < -0.3 is 15.5 Å². The molecule has 0 bridgehead atoms. The molecule has 0 aliphatic carbocycles. The summed E-state index contributed by atoms with van der Waals surface area (Å²) >= 11 is 0. The van der Waals surface area contributed by atoms with Crippen LogP contribution in [0.15, 0.2) is 29.3 Å². The average molecular weight is 444 g/mol. The first-order valence-corrected chi connectivity index (χ1v) is 8.38. The zero-order valence-corrected chi connectivity index (χ0v) is 17.2. The van der Waals surface area contributed by atoms with Gasteiger partial charge in [-0.25, -0.2) is 0 Å².